The summed E-state index contributed by atoms with van der Waals surface area (Å²) in [6.07, 6.45) is 1.85. The van der Waals surface area contributed by atoms with Gasteiger partial charge in [0.2, 0.25) is 0 Å². The van der Waals surface area contributed by atoms with Crippen molar-refractivity contribution in [1.29, 1.82) is 0 Å². The van der Waals surface area contributed by atoms with E-state index in [-0.39, 0.29) is 5.54 Å². The van der Waals surface area contributed by atoms with Crippen LogP contribution < -0.4 is 16.4 Å². The Morgan fingerprint density at radius 2 is 2.05 bits per heavy atom. The lowest BCUT2D eigenvalue weighted by Gasteiger charge is -2.19. The van der Waals surface area contributed by atoms with Crippen LogP contribution in [-0.2, 0) is 0 Å². The summed E-state index contributed by atoms with van der Waals surface area (Å²) in [4.78, 5) is 11.7. The first-order valence-electron chi connectivity index (χ1n) is 6.21. The number of H-pyrrole nitrogens is 1. The maximum atomic E-state index is 5.94. The topological polar surface area (TPSA) is 91.6 Å². The number of hydrogen-bond acceptors (Lipinski definition) is 5. The number of nitrogens with zero attached hydrogens (tertiary/aromatic N) is 2. The molecular formula is C13H20N6. The average molecular weight is 260 g/mol. The van der Waals surface area contributed by atoms with Gasteiger partial charge in [0.05, 0.1) is 0 Å². The van der Waals surface area contributed by atoms with Gasteiger partial charge in [-0.3, -0.25) is 0 Å². The normalized spacial score (nSPS) is 11.4. The molecule has 0 atom stereocenters. The molecule has 0 aliphatic carbocycles. The van der Waals surface area contributed by atoms with Crippen LogP contribution in [0.25, 0.3) is 0 Å². The number of nitrogens with two attached hydrogens (primary N) is 1. The van der Waals surface area contributed by atoms with E-state index in [0.29, 0.717) is 12.4 Å². The number of nitrogens with one attached hydrogen (secondary N) is 3. The lowest BCUT2D eigenvalue weighted by Crippen LogP contribution is -2.39. The van der Waals surface area contributed by atoms with Crippen LogP contribution in [0, 0.1) is 6.92 Å². The largest absolute Gasteiger partial charge is 0.368 e. The van der Waals surface area contributed by atoms with Gasteiger partial charge in [-0.05, 0) is 32.9 Å². The third-order valence-corrected chi connectivity index (χ3v) is 2.42. The molecule has 5 N–H and O–H groups in total. The van der Waals surface area contributed by atoms with E-state index < -0.39 is 0 Å². The third kappa shape index (κ3) is 4.26. The fourth-order valence-corrected chi connectivity index (χ4v) is 1.59. The fraction of sp³-hybridized carbons (Fsp3) is 0.385. The molecule has 0 amide bonds. The summed E-state index contributed by atoms with van der Waals surface area (Å²) in [5.41, 5.74) is 5.66. The van der Waals surface area contributed by atoms with Crippen molar-refractivity contribution in [1.82, 2.24) is 15.0 Å². The fourth-order valence-electron chi connectivity index (χ4n) is 1.59. The summed E-state index contributed by atoms with van der Waals surface area (Å²) < 4.78 is 0. The summed E-state index contributed by atoms with van der Waals surface area (Å²) >= 11 is 0. The van der Waals surface area contributed by atoms with E-state index in [1.807, 2.05) is 45.2 Å². The highest BCUT2D eigenvalue weighted by Crippen LogP contribution is 2.16. The van der Waals surface area contributed by atoms with E-state index in [0.717, 1.165) is 17.5 Å². The highest BCUT2D eigenvalue weighted by atomic mass is 15.1. The van der Waals surface area contributed by atoms with E-state index in [1.165, 1.54) is 0 Å². The Morgan fingerprint density at radius 1 is 1.32 bits per heavy atom. The van der Waals surface area contributed by atoms with E-state index in [9.17, 15) is 0 Å². The summed E-state index contributed by atoms with van der Waals surface area (Å²) in [5.74, 6) is 3.10. The minimum absolute atomic E-state index is 0.286. The Labute approximate surface area is 112 Å². The molecule has 0 aliphatic rings. The Hall–Kier alpha value is -2.08. The second-order valence-corrected chi connectivity index (χ2v) is 5.24. The van der Waals surface area contributed by atoms with Gasteiger partial charge in [-0.2, -0.15) is 0 Å². The summed E-state index contributed by atoms with van der Waals surface area (Å²) in [7, 11) is 0. The van der Waals surface area contributed by atoms with Crippen molar-refractivity contribution >= 4 is 17.5 Å². The van der Waals surface area contributed by atoms with Crippen LogP contribution in [0.4, 0.5) is 17.5 Å². The van der Waals surface area contributed by atoms with Gasteiger partial charge >= 0.3 is 0 Å². The molecule has 0 unspecified atom stereocenters. The number of anilines is 3. The van der Waals surface area contributed by atoms with E-state index >= 15 is 0 Å². The molecule has 0 spiro atoms. The number of aryl methyl sites for hydroxylation is 1. The van der Waals surface area contributed by atoms with Crippen molar-refractivity contribution in [3.05, 3.63) is 30.2 Å². The molecule has 19 heavy (non-hydrogen) atoms. The minimum Gasteiger partial charge on any atom is -0.368 e. The van der Waals surface area contributed by atoms with Gasteiger partial charge in [0, 0.05) is 24.3 Å². The van der Waals surface area contributed by atoms with Gasteiger partial charge in [0.1, 0.15) is 23.3 Å². The second-order valence-electron chi connectivity index (χ2n) is 5.24. The Bertz CT molecular complexity index is 527. The molecular weight excluding hydrogens is 240 g/mol. The Balaban J connectivity index is 2.10. The van der Waals surface area contributed by atoms with Crippen LogP contribution in [0.1, 0.15) is 19.7 Å². The van der Waals surface area contributed by atoms with Crippen molar-refractivity contribution in [3.63, 3.8) is 0 Å². The van der Waals surface area contributed by atoms with E-state index in [1.54, 1.807) is 0 Å². The molecule has 0 radical (unpaired) electrons. The summed E-state index contributed by atoms with van der Waals surface area (Å²) in [6, 6.07) is 5.72. The van der Waals surface area contributed by atoms with Gasteiger partial charge in [-0.15, -0.1) is 0 Å². The van der Waals surface area contributed by atoms with Crippen LogP contribution in [0.2, 0.25) is 0 Å². The van der Waals surface area contributed by atoms with Crippen molar-refractivity contribution in [2.75, 3.05) is 17.2 Å². The molecule has 6 nitrogen and oxygen atoms in total. The molecule has 2 heterocycles. The van der Waals surface area contributed by atoms with Gasteiger partial charge < -0.3 is 21.4 Å². The maximum absolute atomic E-state index is 5.94. The zero-order chi connectivity index (χ0) is 13.9. The molecule has 6 heteroatoms. The van der Waals surface area contributed by atoms with Crippen molar-refractivity contribution in [2.24, 2.45) is 5.73 Å². The highest BCUT2D eigenvalue weighted by molar-refractivity contribution is 5.56. The SMILES string of the molecule is Cc1nc(NCC(C)(C)N)cc(Nc2ccc[nH]2)n1. The lowest BCUT2D eigenvalue weighted by molar-refractivity contribution is 0.548. The van der Waals surface area contributed by atoms with Crippen LogP contribution in [0.5, 0.6) is 0 Å². The van der Waals surface area contributed by atoms with Gasteiger partial charge in [-0.25, -0.2) is 9.97 Å². The molecule has 2 aromatic rings. The first-order chi connectivity index (χ1) is 8.92. The first-order valence-corrected chi connectivity index (χ1v) is 6.21. The lowest BCUT2D eigenvalue weighted by atomic mass is 10.1. The monoisotopic (exact) mass is 260 g/mol. The number of hydrogen-bond donors (Lipinski definition) is 4. The second kappa shape index (κ2) is 5.27. The zero-order valence-corrected chi connectivity index (χ0v) is 11.5. The average Bonchev–Trinajstić information content (AvgIpc) is 2.77. The highest BCUT2D eigenvalue weighted by Gasteiger charge is 2.11. The van der Waals surface area contributed by atoms with Crippen LogP contribution in [0.15, 0.2) is 24.4 Å². The van der Waals surface area contributed by atoms with Crippen LogP contribution in [-0.4, -0.2) is 27.0 Å². The van der Waals surface area contributed by atoms with Crippen molar-refractivity contribution in [2.45, 2.75) is 26.3 Å². The van der Waals surface area contributed by atoms with E-state index in [2.05, 4.69) is 25.6 Å². The minimum atomic E-state index is -0.286. The Kier molecular flexibility index (Phi) is 3.71. The van der Waals surface area contributed by atoms with Crippen molar-refractivity contribution < 1.29 is 0 Å². The molecule has 0 saturated carbocycles. The molecule has 102 valence electrons. The molecule has 0 aromatic carbocycles. The third-order valence-electron chi connectivity index (χ3n) is 2.42. The first kappa shape index (κ1) is 13.4. The molecule has 0 aliphatic heterocycles. The van der Waals surface area contributed by atoms with Gasteiger partial charge in [-0.1, -0.05) is 0 Å². The number of aromatic amines is 1. The zero-order valence-electron chi connectivity index (χ0n) is 11.5. The molecule has 0 saturated heterocycles. The number of aromatic nitrogens is 3. The quantitative estimate of drug-likeness (QED) is 0.660. The standard InChI is InChI=1S/C13H20N6/c1-9-17-11(16-8-13(2,3)14)7-12(18-9)19-10-5-4-6-15-10/h4-7,15H,8,14H2,1-3H3,(H2,16,17,18,19). The maximum Gasteiger partial charge on any atom is 0.137 e. The predicted molar refractivity (Wildman–Crippen MR) is 77.6 cm³/mol. The van der Waals surface area contributed by atoms with Gasteiger partial charge in [0.25, 0.3) is 0 Å². The summed E-state index contributed by atoms with van der Waals surface area (Å²) in [5, 5.41) is 6.40. The van der Waals surface area contributed by atoms with Crippen molar-refractivity contribution in [3.8, 4) is 0 Å². The molecule has 2 aromatic heterocycles. The Morgan fingerprint density at radius 3 is 2.68 bits per heavy atom. The predicted octanol–water partition coefficient (Wildman–Crippen LogP) is 2.01. The van der Waals surface area contributed by atoms with Crippen LogP contribution in [0.3, 0.4) is 0 Å². The molecule has 2 rings (SSSR count). The smallest absolute Gasteiger partial charge is 0.137 e. The molecule has 0 fully saturated rings. The van der Waals surface area contributed by atoms with Gasteiger partial charge in [0.15, 0.2) is 0 Å². The van der Waals surface area contributed by atoms with E-state index in [4.69, 9.17) is 5.73 Å². The van der Waals surface area contributed by atoms with Crippen LogP contribution >= 0.6 is 0 Å². The molecule has 0 bridgehead atoms. The number of rotatable bonds is 5. The summed E-state index contributed by atoms with van der Waals surface area (Å²) in [6.45, 7) is 6.43.